The molecule has 4 nitrogen and oxygen atoms in total. The van der Waals surface area contributed by atoms with Crippen LogP contribution in [0.5, 0.6) is 5.75 Å². The number of carbonyl (C=O) groups excluding carboxylic acids is 1. The Hall–Kier alpha value is -1.71. The maximum Gasteiger partial charge on any atom is 0.257 e. The molecule has 0 spiro atoms. The lowest BCUT2D eigenvalue weighted by Gasteiger charge is -2.18. The van der Waals surface area contributed by atoms with E-state index in [2.05, 4.69) is 16.7 Å². The van der Waals surface area contributed by atoms with Crippen LogP contribution in [-0.4, -0.2) is 25.6 Å². The van der Waals surface area contributed by atoms with Crippen molar-refractivity contribution in [3.8, 4) is 5.75 Å². The van der Waals surface area contributed by atoms with Gasteiger partial charge in [-0.15, -0.1) is 0 Å². The van der Waals surface area contributed by atoms with Gasteiger partial charge in [-0.3, -0.25) is 4.79 Å². The minimum absolute atomic E-state index is 0.0300. The van der Waals surface area contributed by atoms with Gasteiger partial charge in [0, 0.05) is 24.8 Å². The maximum absolute atomic E-state index is 11.6. The molecule has 0 unspecified atom stereocenters. The van der Waals surface area contributed by atoms with Gasteiger partial charge in [0.15, 0.2) is 6.61 Å². The molecule has 2 aliphatic rings. The molecule has 1 aromatic carbocycles. The summed E-state index contributed by atoms with van der Waals surface area (Å²) in [7, 11) is 0. The van der Waals surface area contributed by atoms with E-state index in [9.17, 15) is 4.79 Å². The number of benzene rings is 1. The van der Waals surface area contributed by atoms with E-state index in [0.717, 1.165) is 30.9 Å². The predicted octanol–water partition coefficient (Wildman–Crippen LogP) is 1.95. The zero-order valence-electron chi connectivity index (χ0n) is 11.1. The van der Waals surface area contributed by atoms with Crippen LogP contribution in [0.3, 0.4) is 0 Å². The van der Waals surface area contributed by atoms with Crippen molar-refractivity contribution in [2.45, 2.75) is 25.7 Å². The van der Waals surface area contributed by atoms with Crippen LogP contribution in [0, 0.1) is 5.92 Å². The van der Waals surface area contributed by atoms with Gasteiger partial charge in [0.2, 0.25) is 0 Å². The summed E-state index contributed by atoms with van der Waals surface area (Å²) in [5.74, 6) is 1.43. The lowest BCUT2D eigenvalue weighted by atomic mass is 10.0. The van der Waals surface area contributed by atoms with Crippen molar-refractivity contribution in [1.29, 1.82) is 0 Å². The second-order valence-corrected chi connectivity index (χ2v) is 5.39. The molecule has 0 radical (unpaired) electrons. The molecule has 2 N–H and O–H groups in total. The summed E-state index contributed by atoms with van der Waals surface area (Å²) in [5, 5.41) is 6.26. The molecule has 1 aliphatic carbocycles. The highest BCUT2D eigenvalue weighted by Gasteiger charge is 2.21. The minimum atomic E-state index is -0.0300. The van der Waals surface area contributed by atoms with Crippen LogP contribution in [0.25, 0.3) is 0 Å². The molecule has 0 bridgehead atoms. The van der Waals surface area contributed by atoms with Crippen molar-refractivity contribution in [1.82, 2.24) is 5.32 Å². The summed E-state index contributed by atoms with van der Waals surface area (Å²) in [6, 6.07) is 6.02. The third kappa shape index (κ3) is 3.40. The number of nitrogens with one attached hydrogen (secondary N) is 2. The fourth-order valence-corrected chi connectivity index (χ4v) is 2.31. The molecule has 1 aromatic rings. The quantitative estimate of drug-likeness (QED) is 0.850. The van der Waals surface area contributed by atoms with Gasteiger partial charge in [-0.05, 0) is 43.2 Å². The van der Waals surface area contributed by atoms with Crippen LogP contribution in [0.15, 0.2) is 18.2 Å². The van der Waals surface area contributed by atoms with E-state index < -0.39 is 0 Å². The monoisotopic (exact) mass is 260 g/mol. The first-order valence-electron chi connectivity index (χ1n) is 7.07. The summed E-state index contributed by atoms with van der Waals surface area (Å²) in [6.45, 7) is 1.91. The smallest absolute Gasteiger partial charge is 0.257 e. The summed E-state index contributed by atoms with van der Waals surface area (Å²) in [4.78, 5) is 11.6. The Bertz CT molecular complexity index is 469. The third-order valence-corrected chi connectivity index (χ3v) is 3.67. The van der Waals surface area contributed by atoms with Gasteiger partial charge < -0.3 is 15.4 Å². The predicted molar refractivity (Wildman–Crippen MR) is 74.5 cm³/mol. The first-order chi connectivity index (χ1) is 9.31. The second kappa shape index (κ2) is 5.51. The van der Waals surface area contributed by atoms with Crippen molar-refractivity contribution in [2.24, 2.45) is 5.92 Å². The lowest BCUT2D eigenvalue weighted by molar-refractivity contribution is -0.123. The number of aryl methyl sites for hydroxylation is 1. The van der Waals surface area contributed by atoms with Crippen molar-refractivity contribution >= 4 is 11.6 Å². The largest absolute Gasteiger partial charge is 0.484 e. The standard InChI is InChI=1S/C15H20N2O2/c18-15(17-9-11-3-4-11)10-19-13-6-5-12-2-1-7-16-14(12)8-13/h5-6,8,11,16H,1-4,7,9-10H2,(H,17,18). The second-order valence-electron chi connectivity index (χ2n) is 5.39. The number of amides is 1. The average molecular weight is 260 g/mol. The van der Waals surface area contributed by atoms with Crippen LogP contribution in [0.1, 0.15) is 24.8 Å². The molecule has 0 aromatic heterocycles. The highest BCUT2D eigenvalue weighted by Crippen LogP contribution is 2.28. The van der Waals surface area contributed by atoms with Gasteiger partial charge in [-0.1, -0.05) is 6.07 Å². The highest BCUT2D eigenvalue weighted by molar-refractivity contribution is 5.77. The van der Waals surface area contributed by atoms with Gasteiger partial charge in [0.05, 0.1) is 0 Å². The van der Waals surface area contributed by atoms with E-state index in [0.29, 0.717) is 5.92 Å². The van der Waals surface area contributed by atoms with Gasteiger partial charge in [-0.2, -0.15) is 0 Å². The van der Waals surface area contributed by atoms with Crippen LogP contribution in [-0.2, 0) is 11.2 Å². The topological polar surface area (TPSA) is 50.4 Å². The van der Waals surface area contributed by atoms with Gasteiger partial charge in [0.25, 0.3) is 5.91 Å². The summed E-state index contributed by atoms with van der Waals surface area (Å²) in [5.41, 5.74) is 2.47. The van der Waals surface area contributed by atoms with Gasteiger partial charge >= 0.3 is 0 Å². The summed E-state index contributed by atoms with van der Waals surface area (Å²) >= 11 is 0. The molecule has 1 aliphatic heterocycles. The first-order valence-corrected chi connectivity index (χ1v) is 7.07. The van der Waals surface area contributed by atoms with Crippen LogP contribution >= 0.6 is 0 Å². The van der Waals surface area contributed by atoms with Gasteiger partial charge in [-0.25, -0.2) is 0 Å². The molecule has 19 heavy (non-hydrogen) atoms. The molecule has 1 fully saturated rings. The number of rotatable bonds is 5. The molecule has 102 valence electrons. The molecule has 4 heteroatoms. The van der Waals surface area contributed by atoms with Crippen molar-refractivity contribution in [3.63, 3.8) is 0 Å². The van der Waals surface area contributed by atoms with Crippen LogP contribution in [0.2, 0.25) is 0 Å². The minimum Gasteiger partial charge on any atom is -0.484 e. The number of anilines is 1. The number of fused-ring (bicyclic) bond motifs is 1. The third-order valence-electron chi connectivity index (χ3n) is 3.67. The van der Waals surface area contributed by atoms with Gasteiger partial charge in [0.1, 0.15) is 5.75 Å². The van der Waals surface area contributed by atoms with Crippen molar-refractivity contribution in [2.75, 3.05) is 25.0 Å². The van der Waals surface area contributed by atoms with E-state index in [1.165, 1.54) is 24.8 Å². The molecule has 1 amide bonds. The molecule has 0 saturated heterocycles. The van der Waals surface area contributed by atoms with E-state index in [4.69, 9.17) is 4.74 Å². The fraction of sp³-hybridized carbons (Fsp3) is 0.533. The number of hydrogen-bond donors (Lipinski definition) is 2. The summed E-state index contributed by atoms with van der Waals surface area (Å²) < 4.78 is 5.53. The van der Waals surface area contributed by atoms with Crippen molar-refractivity contribution < 1.29 is 9.53 Å². The molecule has 3 rings (SSSR count). The van der Waals surface area contributed by atoms with E-state index in [-0.39, 0.29) is 12.5 Å². The Morgan fingerprint density at radius 3 is 3.16 bits per heavy atom. The molecule has 0 atom stereocenters. The fourth-order valence-electron chi connectivity index (χ4n) is 2.31. The van der Waals surface area contributed by atoms with E-state index >= 15 is 0 Å². The van der Waals surface area contributed by atoms with Crippen LogP contribution < -0.4 is 15.4 Å². The Balaban J connectivity index is 1.50. The molecule has 1 heterocycles. The Morgan fingerprint density at radius 2 is 2.32 bits per heavy atom. The number of carbonyl (C=O) groups is 1. The van der Waals surface area contributed by atoms with E-state index in [1.807, 2.05) is 12.1 Å². The molecular formula is C15H20N2O2. The first kappa shape index (κ1) is 12.3. The van der Waals surface area contributed by atoms with Crippen molar-refractivity contribution in [3.05, 3.63) is 23.8 Å². The zero-order chi connectivity index (χ0) is 13.1. The Morgan fingerprint density at radius 1 is 1.42 bits per heavy atom. The highest BCUT2D eigenvalue weighted by atomic mass is 16.5. The Labute approximate surface area is 113 Å². The SMILES string of the molecule is O=C(COc1ccc2c(c1)NCCC2)NCC1CC1. The number of hydrogen-bond acceptors (Lipinski definition) is 3. The van der Waals surface area contributed by atoms with E-state index in [1.54, 1.807) is 0 Å². The average Bonchev–Trinajstić information content (AvgIpc) is 3.27. The number of ether oxygens (including phenoxy) is 1. The van der Waals surface area contributed by atoms with Crippen LogP contribution in [0.4, 0.5) is 5.69 Å². The maximum atomic E-state index is 11.6. The molecular weight excluding hydrogens is 240 g/mol. The lowest BCUT2D eigenvalue weighted by Crippen LogP contribution is -2.30. The Kier molecular flexibility index (Phi) is 3.58. The zero-order valence-corrected chi connectivity index (χ0v) is 11.1. The summed E-state index contributed by atoms with van der Waals surface area (Å²) in [6.07, 6.45) is 4.79. The normalized spacial score (nSPS) is 17.3. The molecule has 1 saturated carbocycles.